The SMILES string of the molecule is Cc1ccccc1[C@@H]1OC(C)O[C@H]1CO. The highest BCUT2D eigenvalue weighted by Crippen LogP contribution is 2.33. The highest BCUT2D eigenvalue weighted by Gasteiger charge is 2.34. The first-order chi connectivity index (χ1) is 7.22. The molecule has 0 radical (unpaired) electrons. The smallest absolute Gasteiger partial charge is 0.156 e. The molecule has 82 valence electrons. The predicted octanol–water partition coefficient (Wildman–Crippen LogP) is 1.79. The number of hydrogen-bond acceptors (Lipinski definition) is 3. The standard InChI is InChI=1S/C12H16O3/c1-8-5-3-4-6-10(8)12-11(7-13)14-9(2)15-12/h3-6,9,11-13H,7H2,1-2H3/t9?,11-,12-/m0/s1. The van der Waals surface area contributed by atoms with Gasteiger partial charge in [-0.3, -0.25) is 0 Å². The molecule has 1 aliphatic rings. The molecule has 1 aliphatic heterocycles. The van der Waals surface area contributed by atoms with Crippen molar-refractivity contribution in [1.29, 1.82) is 0 Å². The van der Waals surface area contributed by atoms with E-state index in [1.54, 1.807) is 0 Å². The van der Waals surface area contributed by atoms with Crippen LogP contribution in [-0.2, 0) is 9.47 Å². The molecule has 1 aromatic carbocycles. The van der Waals surface area contributed by atoms with E-state index in [0.29, 0.717) is 0 Å². The van der Waals surface area contributed by atoms with Gasteiger partial charge < -0.3 is 14.6 Å². The normalized spacial score (nSPS) is 30.7. The van der Waals surface area contributed by atoms with Gasteiger partial charge in [0.25, 0.3) is 0 Å². The third kappa shape index (κ3) is 2.04. The van der Waals surface area contributed by atoms with E-state index in [4.69, 9.17) is 9.47 Å². The zero-order chi connectivity index (χ0) is 10.8. The Kier molecular flexibility index (Phi) is 3.05. The van der Waals surface area contributed by atoms with Gasteiger partial charge in [-0.05, 0) is 25.0 Å². The van der Waals surface area contributed by atoms with Gasteiger partial charge in [-0.25, -0.2) is 0 Å². The third-order valence-electron chi connectivity index (χ3n) is 2.72. The maximum atomic E-state index is 9.20. The summed E-state index contributed by atoms with van der Waals surface area (Å²) in [5.41, 5.74) is 2.26. The number of ether oxygens (including phenoxy) is 2. The molecule has 1 unspecified atom stereocenters. The highest BCUT2D eigenvalue weighted by atomic mass is 16.7. The van der Waals surface area contributed by atoms with Crippen LogP contribution in [0.2, 0.25) is 0 Å². The van der Waals surface area contributed by atoms with Crippen LogP contribution in [0.25, 0.3) is 0 Å². The van der Waals surface area contributed by atoms with Crippen molar-refractivity contribution in [2.45, 2.75) is 32.3 Å². The van der Waals surface area contributed by atoms with Crippen LogP contribution in [0.15, 0.2) is 24.3 Å². The van der Waals surface area contributed by atoms with E-state index in [1.165, 1.54) is 5.56 Å². The Balaban J connectivity index is 2.26. The summed E-state index contributed by atoms with van der Waals surface area (Å²) in [6, 6.07) is 8.02. The van der Waals surface area contributed by atoms with Gasteiger partial charge in [0.05, 0.1) is 6.61 Å². The van der Waals surface area contributed by atoms with E-state index in [-0.39, 0.29) is 25.1 Å². The van der Waals surface area contributed by atoms with Gasteiger partial charge in [-0.15, -0.1) is 0 Å². The van der Waals surface area contributed by atoms with E-state index in [1.807, 2.05) is 38.1 Å². The second-order valence-electron chi connectivity index (χ2n) is 3.84. The molecule has 0 saturated carbocycles. The van der Waals surface area contributed by atoms with Crippen LogP contribution >= 0.6 is 0 Å². The maximum Gasteiger partial charge on any atom is 0.156 e. The fourth-order valence-electron chi connectivity index (χ4n) is 1.96. The van der Waals surface area contributed by atoms with Crippen molar-refractivity contribution in [1.82, 2.24) is 0 Å². The molecule has 1 aromatic rings. The van der Waals surface area contributed by atoms with E-state index in [2.05, 4.69) is 0 Å². The minimum Gasteiger partial charge on any atom is -0.394 e. The first-order valence-corrected chi connectivity index (χ1v) is 5.19. The zero-order valence-electron chi connectivity index (χ0n) is 9.01. The van der Waals surface area contributed by atoms with Gasteiger partial charge in [0.15, 0.2) is 6.29 Å². The number of aryl methyl sites for hydroxylation is 1. The summed E-state index contributed by atoms with van der Waals surface area (Å²) >= 11 is 0. The zero-order valence-corrected chi connectivity index (χ0v) is 9.01. The summed E-state index contributed by atoms with van der Waals surface area (Å²) in [7, 11) is 0. The van der Waals surface area contributed by atoms with E-state index >= 15 is 0 Å². The molecule has 3 atom stereocenters. The Hall–Kier alpha value is -0.900. The van der Waals surface area contributed by atoms with Crippen molar-refractivity contribution in [3.63, 3.8) is 0 Å². The minimum atomic E-state index is -0.249. The average molecular weight is 208 g/mol. The second kappa shape index (κ2) is 4.31. The van der Waals surface area contributed by atoms with Crippen LogP contribution in [0.1, 0.15) is 24.2 Å². The van der Waals surface area contributed by atoms with Gasteiger partial charge in [-0.2, -0.15) is 0 Å². The molecule has 1 fully saturated rings. The predicted molar refractivity (Wildman–Crippen MR) is 56.4 cm³/mol. The van der Waals surface area contributed by atoms with Crippen molar-refractivity contribution in [2.75, 3.05) is 6.61 Å². The average Bonchev–Trinajstić information content (AvgIpc) is 2.60. The van der Waals surface area contributed by atoms with Crippen molar-refractivity contribution in [3.8, 4) is 0 Å². The quantitative estimate of drug-likeness (QED) is 0.805. The first-order valence-electron chi connectivity index (χ1n) is 5.19. The van der Waals surface area contributed by atoms with Crippen LogP contribution in [-0.4, -0.2) is 24.1 Å². The Morgan fingerprint density at radius 1 is 1.27 bits per heavy atom. The van der Waals surface area contributed by atoms with Crippen molar-refractivity contribution >= 4 is 0 Å². The molecule has 0 spiro atoms. The number of rotatable bonds is 2. The lowest BCUT2D eigenvalue weighted by atomic mass is 10.00. The largest absolute Gasteiger partial charge is 0.394 e. The molecule has 1 N–H and O–H groups in total. The molecule has 0 aliphatic carbocycles. The van der Waals surface area contributed by atoms with Gasteiger partial charge >= 0.3 is 0 Å². The van der Waals surface area contributed by atoms with Gasteiger partial charge in [0, 0.05) is 0 Å². The summed E-state index contributed by atoms with van der Waals surface area (Å²) in [4.78, 5) is 0. The number of aliphatic hydroxyl groups is 1. The Morgan fingerprint density at radius 2 is 2.00 bits per heavy atom. The molecule has 0 bridgehead atoms. The number of benzene rings is 1. The van der Waals surface area contributed by atoms with Crippen LogP contribution in [0, 0.1) is 6.92 Å². The summed E-state index contributed by atoms with van der Waals surface area (Å²) in [5.74, 6) is 0. The number of aliphatic hydroxyl groups excluding tert-OH is 1. The van der Waals surface area contributed by atoms with Gasteiger partial charge in [0.2, 0.25) is 0 Å². The molecule has 3 heteroatoms. The van der Waals surface area contributed by atoms with Crippen LogP contribution in [0.5, 0.6) is 0 Å². The monoisotopic (exact) mass is 208 g/mol. The minimum absolute atomic E-state index is 0.0106. The first kappa shape index (κ1) is 10.6. The Labute approximate surface area is 89.6 Å². The van der Waals surface area contributed by atoms with Gasteiger partial charge in [0.1, 0.15) is 12.2 Å². The Morgan fingerprint density at radius 3 is 2.67 bits per heavy atom. The summed E-state index contributed by atoms with van der Waals surface area (Å²) in [5, 5.41) is 9.20. The summed E-state index contributed by atoms with van der Waals surface area (Å²) < 4.78 is 11.1. The molecule has 3 nitrogen and oxygen atoms in total. The Bertz CT molecular complexity index is 337. The lowest BCUT2D eigenvalue weighted by Gasteiger charge is -2.16. The molecular weight excluding hydrogens is 192 g/mol. The lowest BCUT2D eigenvalue weighted by molar-refractivity contribution is -0.0564. The van der Waals surface area contributed by atoms with Crippen LogP contribution in [0.3, 0.4) is 0 Å². The molecule has 1 saturated heterocycles. The number of hydrogen-bond donors (Lipinski definition) is 1. The fourth-order valence-corrected chi connectivity index (χ4v) is 1.96. The van der Waals surface area contributed by atoms with Crippen LogP contribution in [0.4, 0.5) is 0 Å². The molecule has 1 heterocycles. The molecule has 0 amide bonds. The molecular formula is C12H16O3. The molecule has 15 heavy (non-hydrogen) atoms. The molecule has 2 rings (SSSR count). The third-order valence-corrected chi connectivity index (χ3v) is 2.72. The van der Waals surface area contributed by atoms with Crippen LogP contribution < -0.4 is 0 Å². The second-order valence-corrected chi connectivity index (χ2v) is 3.84. The lowest BCUT2D eigenvalue weighted by Crippen LogP contribution is -2.20. The summed E-state index contributed by atoms with van der Waals surface area (Å²) in [6.45, 7) is 3.88. The van der Waals surface area contributed by atoms with E-state index < -0.39 is 0 Å². The van der Waals surface area contributed by atoms with Crippen molar-refractivity contribution in [3.05, 3.63) is 35.4 Å². The maximum absolute atomic E-state index is 9.20. The topological polar surface area (TPSA) is 38.7 Å². The van der Waals surface area contributed by atoms with Gasteiger partial charge in [-0.1, -0.05) is 24.3 Å². The fraction of sp³-hybridized carbons (Fsp3) is 0.500. The summed E-state index contributed by atoms with van der Waals surface area (Å²) in [6.07, 6.45) is -0.640. The van der Waals surface area contributed by atoms with Crippen molar-refractivity contribution < 1.29 is 14.6 Å². The highest BCUT2D eigenvalue weighted by molar-refractivity contribution is 5.29. The van der Waals surface area contributed by atoms with E-state index in [0.717, 1.165) is 5.56 Å². The van der Waals surface area contributed by atoms with Crippen molar-refractivity contribution in [2.24, 2.45) is 0 Å². The molecule has 0 aromatic heterocycles. The van der Waals surface area contributed by atoms with E-state index in [9.17, 15) is 5.11 Å².